The first-order chi connectivity index (χ1) is 6.86. The quantitative estimate of drug-likeness (QED) is 0.812. The molecular formula is C11H18N2S. The largest absolute Gasteiger partial charge is 0.315 e. The number of rotatable bonds is 4. The molecule has 1 N–H and O–H groups in total. The molecule has 78 valence electrons. The van der Waals surface area contributed by atoms with Crippen molar-refractivity contribution in [2.75, 3.05) is 26.7 Å². The second kappa shape index (κ2) is 4.91. The highest BCUT2D eigenvalue weighted by atomic mass is 32.1. The Balaban J connectivity index is 1.74. The van der Waals surface area contributed by atoms with Crippen molar-refractivity contribution in [2.24, 2.45) is 0 Å². The minimum Gasteiger partial charge on any atom is -0.315 e. The molecule has 0 amide bonds. The molecule has 0 bridgehead atoms. The van der Waals surface area contributed by atoms with Gasteiger partial charge in [0.1, 0.15) is 0 Å². The monoisotopic (exact) mass is 210 g/mol. The van der Waals surface area contributed by atoms with Gasteiger partial charge in [0.05, 0.1) is 0 Å². The second-order valence-electron chi connectivity index (χ2n) is 4.01. The fourth-order valence-electron chi connectivity index (χ4n) is 1.94. The van der Waals surface area contributed by atoms with E-state index >= 15 is 0 Å². The van der Waals surface area contributed by atoms with Gasteiger partial charge in [0.15, 0.2) is 0 Å². The zero-order valence-electron chi connectivity index (χ0n) is 8.70. The maximum atomic E-state index is 3.41. The molecule has 1 saturated heterocycles. The third-order valence-corrected chi connectivity index (χ3v) is 3.72. The zero-order valence-corrected chi connectivity index (χ0v) is 9.52. The minimum absolute atomic E-state index is 0.758. The van der Waals surface area contributed by atoms with Crippen LogP contribution in [-0.2, 0) is 6.42 Å². The fraction of sp³-hybridized carbons (Fsp3) is 0.636. The summed E-state index contributed by atoms with van der Waals surface area (Å²) in [6, 6.07) is 2.99. The lowest BCUT2D eigenvalue weighted by molar-refractivity contribution is 0.260. The normalized spacial score (nSPS) is 22.0. The summed E-state index contributed by atoms with van der Waals surface area (Å²) >= 11 is 1.79. The molecule has 1 aliphatic heterocycles. The van der Waals surface area contributed by atoms with E-state index in [1.54, 1.807) is 11.3 Å². The van der Waals surface area contributed by atoms with Gasteiger partial charge in [-0.3, -0.25) is 0 Å². The molecule has 1 unspecified atom stereocenters. The molecule has 1 aromatic heterocycles. The van der Waals surface area contributed by atoms with E-state index in [2.05, 4.69) is 34.1 Å². The molecule has 0 spiro atoms. The van der Waals surface area contributed by atoms with E-state index in [9.17, 15) is 0 Å². The van der Waals surface area contributed by atoms with Crippen LogP contribution in [0.3, 0.4) is 0 Å². The van der Waals surface area contributed by atoms with Crippen LogP contribution in [0.1, 0.15) is 12.0 Å². The van der Waals surface area contributed by atoms with Crippen molar-refractivity contribution >= 4 is 11.3 Å². The zero-order chi connectivity index (χ0) is 9.80. The highest BCUT2D eigenvalue weighted by Gasteiger charge is 2.18. The SMILES string of the molecule is CN(CCc1ccsc1)C1CCNC1. The Labute approximate surface area is 89.9 Å². The van der Waals surface area contributed by atoms with E-state index in [1.807, 2.05) is 0 Å². The van der Waals surface area contributed by atoms with Gasteiger partial charge in [-0.25, -0.2) is 0 Å². The molecule has 2 nitrogen and oxygen atoms in total. The number of nitrogens with zero attached hydrogens (tertiary/aromatic N) is 1. The number of likely N-dealkylation sites (N-methyl/N-ethyl adjacent to an activating group) is 1. The van der Waals surface area contributed by atoms with Crippen LogP contribution in [0, 0.1) is 0 Å². The molecule has 0 aliphatic carbocycles. The predicted molar refractivity (Wildman–Crippen MR) is 61.9 cm³/mol. The van der Waals surface area contributed by atoms with Crippen molar-refractivity contribution in [3.8, 4) is 0 Å². The molecule has 3 heteroatoms. The summed E-state index contributed by atoms with van der Waals surface area (Å²) in [6.07, 6.45) is 2.50. The van der Waals surface area contributed by atoms with Crippen LogP contribution in [0.2, 0.25) is 0 Å². The summed E-state index contributed by atoms with van der Waals surface area (Å²) in [5.41, 5.74) is 1.48. The highest BCUT2D eigenvalue weighted by Crippen LogP contribution is 2.10. The van der Waals surface area contributed by atoms with Crippen LogP contribution in [0.15, 0.2) is 16.8 Å². The van der Waals surface area contributed by atoms with Gasteiger partial charge in [-0.15, -0.1) is 0 Å². The van der Waals surface area contributed by atoms with Crippen LogP contribution >= 0.6 is 11.3 Å². The van der Waals surface area contributed by atoms with Crippen molar-refractivity contribution in [2.45, 2.75) is 18.9 Å². The van der Waals surface area contributed by atoms with Crippen LogP contribution in [0.4, 0.5) is 0 Å². The summed E-state index contributed by atoms with van der Waals surface area (Å²) in [6.45, 7) is 3.54. The molecule has 2 heterocycles. The standard InChI is InChI=1S/C11H18N2S/c1-13(11-2-5-12-8-11)6-3-10-4-7-14-9-10/h4,7,9,11-12H,2-3,5-6,8H2,1H3. The molecular weight excluding hydrogens is 192 g/mol. The Morgan fingerprint density at radius 3 is 3.21 bits per heavy atom. The fourth-order valence-corrected chi connectivity index (χ4v) is 2.64. The van der Waals surface area contributed by atoms with E-state index in [4.69, 9.17) is 0 Å². The van der Waals surface area contributed by atoms with Gasteiger partial charge in [0.2, 0.25) is 0 Å². The van der Waals surface area contributed by atoms with Gasteiger partial charge >= 0.3 is 0 Å². The van der Waals surface area contributed by atoms with E-state index in [0.29, 0.717) is 0 Å². The lowest BCUT2D eigenvalue weighted by Gasteiger charge is -2.22. The Hall–Kier alpha value is -0.380. The van der Waals surface area contributed by atoms with Crippen LogP contribution in [0.5, 0.6) is 0 Å². The highest BCUT2D eigenvalue weighted by molar-refractivity contribution is 7.07. The Morgan fingerprint density at radius 1 is 1.64 bits per heavy atom. The maximum Gasteiger partial charge on any atom is 0.0229 e. The maximum absolute atomic E-state index is 3.41. The van der Waals surface area contributed by atoms with Gasteiger partial charge in [0, 0.05) is 19.1 Å². The van der Waals surface area contributed by atoms with Crippen LogP contribution in [-0.4, -0.2) is 37.6 Å². The number of nitrogens with one attached hydrogen (secondary N) is 1. The van der Waals surface area contributed by atoms with E-state index in [0.717, 1.165) is 6.04 Å². The van der Waals surface area contributed by atoms with E-state index in [-0.39, 0.29) is 0 Å². The molecule has 14 heavy (non-hydrogen) atoms. The summed E-state index contributed by atoms with van der Waals surface area (Å²) < 4.78 is 0. The topological polar surface area (TPSA) is 15.3 Å². The van der Waals surface area contributed by atoms with Crippen molar-refractivity contribution in [3.05, 3.63) is 22.4 Å². The van der Waals surface area contributed by atoms with Gasteiger partial charge in [-0.1, -0.05) is 0 Å². The average molecular weight is 210 g/mol. The lowest BCUT2D eigenvalue weighted by atomic mass is 10.2. The van der Waals surface area contributed by atoms with E-state index < -0.39 is 0 Å². The molecule has 2 rings (SSSR count). The van der Waals surface area contributed by atoms with Crippen molar-refractivity contribution in [1.82, 2.24) is 10.2 Å². The van der Waals surface area contributed by atoms with Crippen LogP contribution in [0.25, 0.3) is 0 Å². The summed E-state index contributed by atoms with van der Waals surface area (Å²) in [5, 5.41) is 7.82. The Kier molecular flexibility index (Phi) is 3.56. The number of hydrogen-bond donors (Lipinski definition) is 1. The first kappa shape index (κ1) is 10.1. The van der Waals surface area contributed by atoms with Crippen molar-refractivity contribution in [1.29, 1.82) is 0 Å². The smallest absolute Gasteiger partial charge is 0.0229 e. The first-order valence-electron chi connectivity index (χ1n) is 5.28. The van der Waals surface area contributed by atoms with Gasteiger partial charge in [0.25, 0.3) is 0 Å². The van der Waals surface area contributed by atoms with Gasteiger partial charge in [-0.2, -0.15) is 11.3 Å². The lowest BCUT2D eigenvalue weighted by Crippen LogP contribution is -2.34. The number of hydrogen-bond acceptors (Lipinski definition) is 3. The average Bonchev–Trinajstić information content (AvgIpc) is 2.87. The molecule has 1 fully saturated rings. The van der Waals surface area contributed by atoms with E-state index in [1.165, 1.54) is 38.0 Å². The third-order valence-electron chi connectivity index (χ3n) is 2.99. The molecule has 1 aromatic rings. The summed E-state index contributed by atoms with van der Waals surface area (Å²) in [4.78, 5) is 2.48. The van der Waals surface area contributed by atoms with Gasteiger partial charge in [-0.05, 0) is 48.8 Å². The minimum atomic E-state index is 0.758. The van der Waals surface area contributed by atoms with Crippen LogP contribution < -0.4 is 5.32 Å². The Bertz CT molecular complexity index is 252. The van der Waals surface area contributed by atoms with Gasteiger partial charge < -0.3 is 10.2 Å². The summed E-state index contributed by atoms with van der Waals surface area (Å²) in [7, 11) is 2.24. The summed E-state index contributed by atoms with van der Waals surface area (Å²) in [5.74, 6) is 0. The second-order valence-corrected chi connectivity index (χ2v) is 4.79. The van der Waals surface area contributed by atoms with Crippen molar-refractivity contribution in [3.63, 3.8) is 0 Å². The third kappa shape index (κ3) is 2.56. The molecule has 0 aromatic carbocycles. The molecule has 0 saturated carbocycles. The molecule has 1 aliphatic rings. The predicted octanol–water partition coefficient (Wildman–Crippen LogP) is 1.58. The first-order valence-corrected chi connectivity index (χ1v) is 6.22. The van der Waals surface area contributed by atoms with Crippen molar-refractivity contribution < 1.29 is 0 Å². The Morgan fingerprint density at radius 2 is 2.57 bits per heavy atom. The molecule has 0 radical (unpaired) electrons. The molecule has 1 atom stereocenters. The number of thiophene rings is 1.